The van der Waals surface area contributed by atoms with Crippen molar-refractivity contribution < 1.29 is 22.9 Å². The number of carbonyl (C=O) groups excluding carboxylic acids is 1. The summed E-state index contributed by atoms with van der Waals surface area (Å²) in [4.78, 5) is 22.7. The van der Waals surface area contributed by atoms with Crippen molar-refractivity contribution in [3.63, 3.8) is 0 Å². The highest BCUT2D eigenvalue weighted by Crippen LogP contribution is 2.30. The molecule has 11 heteroatoms. The van der Waals surface area contributed by atoms with Crippen molar-refractivity contribution in [1.29, 1.82) is 0 Å². The number of benzene rings is 1. The summed E-state index contributed by atoms with van der Waals surface area (Å²) in [5, 5.41) is 14.6. The van der Waals surface area contributed by atoms with Gasteiger partial charge in [-0.2, -0.15) is 4.31 Å². The highest BCUT2D eigenvalue weighted by Gasteiger charge is 2.35. The normalized spacial score (nSPS) is 16.6. The van der Waals surface area contributed by atoms with E-state index in [0.717, 1.165) is 6.07 Å². The lowest BCUT2D eigenvalue weighted by molar-refractivity contribution is -0.385. The van der Waals surface area contributed by atoms with Gasteiger partial charge in [-0.05, 0) is 39.3 Å². The first-order chi connectivity index (χ1) is 12.7. The number of nitrogens with zero attached hydrogens (tertiary/aromatic N) is 2. The quantitative estimate of drug-likeness (QED) is 0.378. The van der Waals surface area contributed by atoms with Gasteiger partial charge in [0.2, 0.25) is 10.0 Å². The molecule has 0 radical (unpaired) electrons. The van der Waals surface area contributed by atoms with Gasteiger partial charge < -0.3 is 10.1 Å². The Hall–Kier alpha value is -1.75. The minimum atomic E-state index is -4.01. The van der Waals surface area contributed by atoms with Gasteiger partial charge in [0.1, 0.15) is 0 Å². The summed E-state index contributed by atoms with van der Waals surface area (Å²) in [7, 11) is -4.01. The average molecular weight is 436 g/mol. The Kier molecular flexibility index (Phi) is 8.80. The lowest BCUT2D eigenvalue weighted by Crippen LogP contribution is -2.42. The van der Waals surface area contributed by atoms with Gasteiger partial charge >= 0.3 is 5.97 Å². The summed E-state index contributed by atoms with van der Waals surface area (Å²) in [5.74, 6) is -0.778. The number of carbonyl (C=O) groups is 1. The first-order valence-corrected chi connectivity index (χ1v) is 10.4. The minimum Gasteiger partial charge on any atom is -0.462 e. The molecule has 1 aliphatic rings. The maximum Gasteiger partial charge on any atom is 0.338 e. The molecule has 1 heterocycles. The Morgan fingerprint density at radius 1 is 1.39 bits per heavy atom. The molecular formula is C17H26ClN3O6S. The molecule has 0 bridgehead atoms. The molecule has 2 rings (SSSR count). The van der Waals surface area contributed by atoms with Crippen molar-refractivity contribution in [3.8, 4) is 0 Å². The zero-order valence-electron chi connectivity index (χ0n) is 16.1. The monoisotopic (exact) mass is 435 g/mol. The van der Waals surface area contributed by atoms with Crippen LogP contribution in [-0.2, 0) is 14.8 Å². The summed E-state index contributed by atoms with van der Waals surface area (Å²) in [6, 6.07) is 1.99. The summed E-state index contributed by atoms with van der Waals surface area (Å²) in [5.41, 5.74) is -0.437. The number of nitro groups is 1. The van der Waals surface area contributed by atoms with Crippen LogP contribution >= 0.6 is 12.4 Å². The molecule has 1 aliphatic heterocycles. The molecule has 1 N–H and O–H groups in total. The van der Waals surface area contributed by atoms with Crippen molar-refractivity contribution in [1.82, 2.24) is 9.62 Å². The molecule has 9 nitrogen and oxygen atoms in total. The van der Waals surface area contributed by atoms with Crippen LogP contribution in [0.15, 0.2) is 17.0 Å². The van der Waals surface area contributed by atoms with Crippen molar-refractivity contribution in [2.45, 2.75) is 44.6 Å². The molecule has 0 saturated carbocycles. The van der Waals surface area contributed by atoms with Crippen LogP contribution in [0.1, 0.15) is 42.6 Å². The molecule has 0 aromatic heterocycles. The van der Waals surface area contributed by atoms with Crippen LogP contribution < -0.4 is 5.32 Å². The maximum absolute atomic E-state index is 13.3. The smallest absolute Gasteiger partial charge is 0.338 e. The molecule has 158 valence electrons. The fourth-order valence-corrected chi connectivity index (χ4v) is 4.97. The van der Waals surface area contributed by atoms with E-state index in [9.17, 15) is 23.3 Å². The van der Waals surface area contributed by atoms with Gasteiger partial charge in [-0.3, -0.25) is 10.1 Å². The molecule has 1 aromatic rings. The van der Waals surface area contributed by atoms with Crippen molar-refractivity contribution in [3.05, 3.63) is 33.4 Å². The van der Waals surface area contributed by atoms with Crippen LogP contribution in [-0.4, -0.2) is 55.9 Å². The number of sulfonamides is 1. The molecule has 1 atom stereocenters. The van der Waals surface area contributed by atoms with Gasteiger partial charge in [0.05, 0.1) is 22.0 Å². The van der Waals surface area contributed by atoms with Gasteiger partial charge in [-0.15, -0.1) is 12.4 Å². The standard InChI is InChI=1S/C17H25N3O6S.ClH/c1-4-8-19(13-6-7-18-11-13)27(24,25)14-9-15(17(21)26-5-2)12(3)16(10-14)20(22)23;/h9-10,13,18H,4-8,11H2,1-3H3;1H. The number of halogens is 1. The van der Waals surface area contributed by atoms with E-state index in [1.54, 1.807) is 6.92 Å². The van der Waals surface area contributed by atoms with E-state index in [1.165, 1.54) is 17.3 Å². The Labute approximate surface area is 171 Å². The zero-order chi connectivity index (χ0) is 20.2. The predicted molar refractivity (Wildman–Crippen MR) is 106 cm³/mol. The second-order valence-electron chi connectivity index (χ2n) is 6.35. The van der Waals surface area contributed by atoms with E-state index >= 15 is 0 Å². The SMILES string of the molecule is CCCN(C1CCNC1)S(=O)(=O)c1cc(C(=O)OCC)c(C)c([N+](=O)[O-])c1.Cl. The third-order valence-electron chi connectivity index (χ3n) is 4.54. The molecule has 1 unspecified atom stereocenters. The molecule has 28 heavy (non-hydrogen) atoms. The maximum atomic E-state index is 13.3. The fourth-order valence-electron chi connectivity index (χ4n) is 3.17. The van der Waals surface area contributed by atoms with E-state index in [-0.39, 0.29) is 41.1 Å². The largest absolute Gasteiger partial charge is 0.462 e. The van der Waals surface area contributed by atoms with Crippen LogP contribution in [0.5, 0.6) is 0 Å². The lowest BCUT2D eigenvalue weighted by atomic mass is 10.1. The summed E-state index contributed by atoms with van der Waals surface area (Å²) >= 11 is 0. The van der Waals surface area contributed by atoms with Gasteiger partial charge in [-0.1, -0.05) is 6.92 Å². The topological polar surface area (TPSA) is 119 Å². The van der Waals surface area contributed by atoms with Crippen molar-refractivity contribution in [2.24, 2.45) is 0 Å². The van der Waals surface area contributed by atoms with Crippen LogP contribution in [0, 0.1) is 17.0 Å². The number of hydrogen-bond acceptors (Lipinski definition) is 7. The van der Waals surface area contributed by atoms with Crippen LogP contribution in [0.4, 0.5) is 5.69 Å². The Morgan fingerprint density at radius 2 is 2.07 bits per heavy atom. The fraction of sp³-hybridized carbons (Fsp3) is 0.588. The average Bonchev–Trinajstić information content (AvgIpc) is 3.13. The molecule has 1 saturated heterocycles. The lowest BCUT2D eigenvalue weighted by Gasteiger charge is -2.27. The van der Waals surface area contributed by atoms with Crippen molar-refractivity contribution >= 4 is 34.1 Å². The summed E-state index contributed by atoms with van der Waals surface area (Å²) < 4.78 is 32.8. The molecule has 0 amide bonds. The second kappa shape index (κ2) is 10.1. The van der Waals surface area contributed by atoms with Crippen LogP contribution in [0.2, 0.25) is 0 Å². The number of nitrogens with one attached hydrogen (secondary N) is 1. The number of rotatable bonds is 8. The number of nitro benzene ring substituents is 1. The number of esters is 1. The molecule has 1 fully saturated rings. The van der Waals surface area contributed by atoms with E-state index in [4.69, 9.17) is 4.74 Å². The van der Waals surface area contributed by atoms with Crippen LogP contribution in [0.25, 0.3) is 0 Å². The third kappa shape index (κ3) is 4.99. The number of hydrogen-bond donors (Lipinski definition) is 1. The predicted octanol–water partition coefficient (Wildman–Crippen LogP) is 2.26. The van der Waals surface area contributed by atoms with Crippen LogP contribution in [0.3, 0.4) is 0 Å². The molecular weight excluding hydrogens is 410 g/mol. The Bertz CT molecular complexity index is 824. The zero-order valence-corrected chi connectivity index (χ0v) is 17.8. The Morgan fingerprint density at radius 3 is 2.57 bits per heavy atom. The highest BCUT2D eigenvalue weighted by molar-refractivity contribution is 7.89. The van der Waals surface area contributed by atoms with Gasteiger partial charge in [0, 0.05) is 30.8 Å². The van der Waals surface area contributed by atoms with E-state index in [2.05, 4.69) is 5.32 Å². The molecule has 0 spiro atoms. The molecule has 0 aliphatic carbocycles. The highest BCUT2D eigenvalue weighted by atomic mass is 35.5. The minimum absolute atomic E-state index is 0. The van der Waals surface area contributed by atoms with E-state index in [0.29, 0.717) is 32.5 Å². The van der Waals surface area contributed by atoms with Gasteiger partial charge in [0.15, 0.2) is 0 Å². The summed E-state index contributed by atoms with van der Waals surface area (Å²) in [6.07, 6.45) is 1.27. The van der Waals surface area contributed by atoms with E-state index in [1.807, 2.05) is 6.92 Å². The van der Waals surface area contributed by atoms with Gasteiger partial charge in [0.25, 0.3) is 5.69 Å². The second-order valence-corrected chi connectivity index (χ2v) is 8.25. The third-order valence-corrected chi connectivity index (χ3v) is 6.47. The Balaban J connectivity index is 0.00000392. The first kappa shape index (κ1) is 24.3. The summed E-state index contributed by atoms with van der Waals surface area (Å²) in [6.45, 7) is 6.50. The molecule has 1 aromatic carbocycles. The van der Waals surface area contributed by atoms with Gasteiger partial charge in [-0.25, -0.2) is 13.2 Å². The first-order valence-electron chi connectivity index (χ1n) is 8.92. The van der Waals surface area contributed by atoms with Crippen molar-refractivity contribution in [2.75, 3.05) is 26.2 Å². The number of ether oxygens (including phenoxy) is 1. The van der Waals surface area contributed by atoms with E-state index < -0.39 is 26.6 Å².